The summed E-state index contributed by atoms with van der Waals surface area (Å²) in [7, 11) is 5.76. The smallest absolute Gasteiger partial charge is 0.329 e. The monoisotopic (exact) mass is 549 g/mol. The van der Waals surface area contributed by atoms with Crippen LogP contribution in [0.25, 0.3) is 0 Å². The molecule has 0 saturated carbocycles. The van der Waals surface area contributed by atoms with Crippen LogP contribution in [0.5, 0.6) is 0 Å². The second-order valence-electron chi connectivity index (χ2n) is 12.0. The minimum atomic E-state index is -0.357. The normalized spacial score (nSPS) is 14.0. The summed E-state index contributed by atoms with van der Waals surface area (Å²) in [6, 6.07) is 0. The Morgan fingerprint density at radius 1 is 0.821 bits per heavy atom. The first kappa shape index (κ1) is 33.4. The van der Waals surface area contributed by atoms with Gasteiger partial charge in [-0.25, -0.2) is 4.79 Å². The zero-order chi connectivity index (χ0) is 28.5. The number of fused-ring (bicyclic) bond motifs is 1. The van der Waals surface area contributed by atoms with E-state index in [9.17, 15) is 14.7 Å². The van der Waals surface area contributed by atoms with Crippen molar-refractivity contribution in [3.8, 4) is 0 Å². The number of nitrogens with zero attached hydrogens (tertiary/aromatic N) is 4. The second kappa shape index (κ2) is 19.3. The Bertz CT molecular complexity index is 899. The number of anilines is 2. The van der Waals surface area contributed by atoms with Gasteiger partial charge < -0.3 is 19.8 Å². The lowest BCUT2D eigenvalue weighted by Crippen LogP contribution is -2.32. The molecule has 1 aromatic heterocycles. The Morgan fingerprint density at radius 3 is 1.97 bits per heavy atom. The first-order valence-electron chi connectivity index (χ1n) is 16.0. The van der Waals surface area contributed by atoms with E-state index in [1.54, 1.807) is 11.6 Å². The van der Waals surface area contributed by atoms with Gasteiger partial charge in [0.1, 0.15) is 11.5 Å². The van der Waals surface area contributed by atoms with Crippen molar-refractivity contribution in [3.63, 3.8) is 0 Å². The van der Waals surface area contributed by atoms with E-state index in [1.807, 2.05) is 11.9 Å². The first-order chi connectivity index (χ1) is 18.8. The maximum absolute atomic E-state index is 12.2. The van der Waals surface area contributed by atoms with E-state index in [0.29, 0.717) is 12.4 Å². The molecular formula is C31H59N5O3. The number of hydrogen-bond acceptors (Lipinski definition) is 6. The van der Waals surface area contributed by atoms with Crippen LogP contribution in [0.1, 0.15) is 122 Å². The van der Waals surface area contributed by atoms with E-state index < -0.39 is 0 Å². The Balaban J connectivity index is 1.42. The summed E-state index contributed by atoms with van der Waals surface area (Å²) >= 11 is 0. The van der Waals surface area contributed by atoms with Crippen LogP contribution in [0.4, 0.5) is 11.5 Å². The van der Waals surface area contributed by atoms with Gasteiger partial charge in [-0.3, -0.25) is 14.3 Å². The molecule has 0 spiro atoms. The number of nitrogens with one attached hydrogen (secondary N) is 1. The Morgan fingerprint density at radius 2 is 1.36 bits per heavy atom. The lowest BCUT2D eigenvalue weighted by Gasteiger charge is -2.20. The third-order valence-corrected chi connectivity index (χ3v) is 8.21. The fourth-order valence-corrected chi connectivity index (χ4v) is 5.85. The zero-order valence-corrected chi connectivity index (χ0v) is 25.7. The molecule has 0 fully saturated rings. The molecule has 2 rings (SSSR count). The van der Waals surface area contributed by atoms with Gasteiger partial charge in [-0.2, -0.15) is 0 Å². The van der Waals surface area contributed by atoms with E-state index in [2.05, 4.69) is 28.8 Å². The standard InChI is InChI=1S/C31H59N5O3/c1-5-6-7-8-9-10-11-14-17-20-23-33(2)25-27(37)22-19-16-13-12-15-18-21-24-36-26-34(3)28-29(38)32-31(39)35(4)30(28)36/h27,37H,5-26H2,1-4H3,(H,32,38,39). The SMILES string of the molecule is CCCCCCCCCCCCN(C)CC(O)CCCCCCCCCN1CN(C)c2c1n(C)c(=O)[nH]c2=O. The van der Waals surface area contributed by atoms with Crippen molar-refractivity contribution in [1.82, 2.24) is 14.5 Å². The van der Waals surface area contributed by atoms with Gasteiger partial charge in [0.05, 0.1) is 12.8 Å². The third kappa shape index (κ3) is 12.5. The fraction of sp³-hybridized carbons (Fsp3) is 0.871. The number of hydrogen-bond donors (Lipinski definition) is 2. The summed E-state index contributed by atoms with van der Waals surface area (Å²) in [5, 5.41) is 10.4. The molecule has 1 aliphatic rings. The van der Waals surface area contributed by atoms with E-state index in [4.69, 9.17) is 0 Å². The molecule has 1 aliphatic heterocycles. The molecule has 0 aliphatic carbocycles. The molecule has 0 bridgehead atoms. The molecule has 39 heavy (non-hydrogen) atoms. The van der Waals surface area contributed by atoms with Gasteiger partial charge >= 0.3 is 5.69 Å². The van der Waals surface area contributed by atoms with Crippen LogP contribution < -0.4 is 21.0 Å². The highest BCUT2D eigenvalue weighted by Gasteiger charge is 2.28. The molecular weight excluding hydrogens is 490 g/mol. The number of rotatable bonds is 23. The first-order valence-corrected chi connectivity index (χ1v) is 16.0. The van der Waals surface area contributed by atoms with Crippen LogP contribution in [0.3, 0.4) is 0 Å². The predicted octanol–water partition coefficient (Wildman–Crippen LogP) is 5.62. The average molecular weight is 550 g/mol. The summed E-state index contributed by atoms with van der Waals surface area (Å²) in [4.78, 5) is 32.9. The number of aromatic nitrogens is 2. The van der Waals surface area contributed by atoms with Crippen molar-refractivity contribution < 1.29 is 5.11 Å². The highest BCUT2D eigenvalue weighted by atomic mass is 16.3. The van der Waals surface area contributed by atoms with E-state index in [1.165, 1.54) is 89.9 Å². The molecule has 2 heterocycles. The van der Waals surface area contributed by atoms with Crippen molar-refractivity contribution in [2.45, 2.75) is 129 Å². The molecule has 0 amide bonds. The van der Waals surface area contributed by atoms with Gasteiger partial charge in [0, 0.05) is 27.2 Å². The zero-order valence-electron chi connectivity index (χ0n) is 25.7. The van der Waals surface area contributed by atoms with Gasteiger partial charge in [0.25, 0.3) is 5.56 Å². The van der Waals surface area contributed by atoms with Crippen molar-refractivity contribution >= 4 is 11.5 Å². The highest BCUT2D eigenvalue weighted by molar-refractivity contribution is 5.71. The number of aromatic amines is 1. The van der Waals surface area contributed by atoms with Gasteiger partial charge in [-0.1, -0.05) is 103 Å². The fourth-order valence-electron chi connectivity index (χ4n) is 5.85. The van der Waals surface area contributed by atoms with Crippen LogP contribution in [0, 0.1) is 0 Å². The largest absolute Gasteiger partial charge is 0.392 e. The molecule has 8 heteroatoms. The molecule has 1 unspecified atom stereocenters. The van der Waals surface area contributed by atoms with Crippen molar-refractivity contribution in [1.29, 1.82) is 0 Å². The van der Waals surface area contributed by atoms with Gasteiger partial charge in [-0.15, -0.1) is 0 Å². The van der Waals surface area contributed by atoms with E-state index in [0.717, 1.165) is 51.1 Å². The van der Waals surface area contributed by atoms with Crippen molar-refractivity contribution in [2.24, 2.45) is 7.05 Å². The number of aliphatic hydroxyl groups excluding tert-OH is 1. The highest BCUT2D eigenvalue weighted by Crippen LogP contribution is 2.29. The molecule has 1 atom stereocenters. The Kier molecular flexibility index (Phi) is 16.5. The van der Waals surface area contributed by atoms with Crippen LogP contribution >= 0.6 is 0 Å². The predicted molar refractivity (Wildman–Crippen MR) is 165 cm³/mol. The maximum atomic E-state index is 12.2. The van der Waals surface area contributed by atoms with Crippen LogP contribution in [0.15, 0.2) is 9.59 Å². The summed E-state index contributed by atoms with van der Waals surface area (Å²) in [6.45, 7) is 5.67. The van der Waals surface area contributed by atoms with Crippen LogP contribution in [-0.4, -0.2) is 66.1 Å². The summed E-state index contributed by atoms with van der Waals surface area (Å²) < 4.78 is 1.55. The van der Waals surface area contributed by atoms with Gasteiger partial charge in [0.15, 0.2) is 0 Å². The molecule has 226 valence electrons. The quantitative estimate of drug-likeness (QED) is 0.172. The molecule has 2 N–H and O–H groups in total. The molecule has 0 saturated heterocycles. The molecule has 1 aromatic rings. The van der Waals surface area contributed by atoms with E-state index >= 15 is 0 Å². The number of H-pyrrole nitrogens is 1. The summed E-state index contributed by atoms with van der Waals surface area (Å²) in [5.41, 5.74) is -0.0712. The minimum absolute atomic E-state index is 0.206. The molecule has 0 radical (unpaired) electrons. The number of likely N-dealkylation sites (N-methyl/N-ethyl adjacent to an activating group) is 1. The van der Waals surface area contributed by atoms with Crippen molar-refractivity contribution in [3.05, 3.63) is 20.8 Å². The van der Waals surface area contributed by atoms with Crippen LogP contribution in [-0.2, 0) is 7.05 Å². The third-order valence-electron chi connectivity index (χ3n) is 8.21. The minimum Gasteiger partial charge on any atom is -0.392 e. The van der Waals surface area contributed by atoms with Crippen LogP contribution in [0.2, 0.25) is 0 Å². The topological polar surface area (TPSA) is 84.8 Å². The lowest BCUT2D eigenvalue weighted by molar-refractivity contribution is 0.114. The average Bonchev–Trinajstić information content (AvgIpc) is 3.23. The Hall–Kier alpha value is -1.80. The van der Waals surface area contributed by atoms with E-state index in [-0.39, 0.29) is 17.4 Å². The molecule has 8 nitrogen and oxygen atoms in total. The van der Waals surface area contributed by atoms with Crippen molar-refractivity contribution in [2.75, 3.05) is 50.2 Å². The van der Waals surface area contributed by atoms with Gasteiger partial charge in [-0.05, 0) is 32.9 Å². The molecule has 0 aromatic carbocycles. The second-order valence-corrected chi connectivity index (χ2v) is 12.0. The number of aliphatic hydroxyl groups is 1. The lowest BCUT2D eigenvalue weighted by atomic mass is 10.1. The maximum Gasteiger partial charge on any atom is 0.329 e. The Labute approximate surface area is 237 Å². The summed E-state index contributed by atoms with van der Waals surface area (Å²) in [6.07, 6.45) is 22.5. The summed E-state index contributed by atoms with van der Waals surface area (Å²) in [5.74, 6) is 0.735. The number of unbranched alkanes of at least 4 members (excludes halogenated alkanes) is 15. The van der Waals surface area contributed by atoms with Gasteiger partial charge in [0.2, 0.25) is 0 Å².